The van der Waals surface area contributed by atoms with Gasteiger partial charge >= 0.3 is 7.12 Å². The van der Waals surface area contributed by atoms with Gasteiger partial charge in [0.05, 0.1) is 5.92 Å². The number of aromatic nitrogens is 1. The van der Waals surface area contributed by atoms with Crippen molar-refractivity contribution in [1.29, 1.82) is 0 Å². The van der Waals surface area contributed by atoms with E-state index in [4.69, 9.17) is 10.0 Å². The first-order valence-electron chi connectivity index (χ1n) is 4.20. The molecule has 0 aromatic carbocycles. The van der Waals surface area contributed by atoms with Crippen LogP contribution in [-0.2, 0) is 0 Å². The highest BCUT2D eigenvalue weighted by Gasteiger charge is 2.58. The third kappa shape index (κ3) is 1.63. The summed E-state index contributed by atoms with van der Waals surface area (Å²) in [6.07, 6.45) is 1.04. The Bertz CT molecular complexity index is 342. The normalized spacial score (nSPS) is 23.3. The lowest BCUT2D eigenvalue weighted by atomic mass is 9.81. The minimum atomic E-state index is -2.63. The average Bonchev–Trinajstić information content (AvgIpc) is 2.75. The first-order chi connectivity index (χ1) is 6.50. The minimum absolute atomic E-state index is 0.166. The predicted octanol–water partition coefficient (Wildman–Crippen LogP) is -0.116. The van der Waals surface area contributed by atoms with E-state index < -0.39 is 19.0 Å². The van der Waals surface area contributed by atoms with Crippen LogP contribution in [0.1, 0.15) is 18.0 Å². The van der Waals surface area contributed by atoms with Crippen molar-refractivity contribution >= 4 is 12.6 Å². The molecule has 1 fully saturated rings. The fourth-order valence-corrected chi connectivity index (χ4v) is 1.31. The van der Waals surface area contributed by atoms with Crippen molar-refractivity contribution in [1.82, 2.24) is 4.98 Å². The molecule has 2 rings (SSSR count). The summed E-state index contributed by atoms with van der Waals surface area (Å²) in [4.78, 5) is 3.76. The van der Waals surface area contributed by atoms with Crippen molar-refractivity contribution in [2.24, 2.45) is 0 Å². The van der Waals surface area contributed by atoms with Crippen LogP contribution in [0.3, 0.4) is 0 Å². The molecule has 0 radical (unpaired) electrons. The molecule has 3 nitrogen and oxygen atoms in total. The zero-order valence-electron chi connectivity index (χ0n) is 7.19. The Labute approximate surface area is 79.6 Å². The SMILES string of the molecule is OB(O)c1ccc(C2CC2(F)F)nc1. The fraction of sp³-hybridized carbons (Fsp3) is 0.375. The minimum Gasteiger partial charge on any atom is -0.423 e. The maximum absolute atomic E-state index is 12.6. The molecule has 1 aromatic rings. The molecule has 6 heteroatoms. The summed E-state index contributed by atoms with van der Waals surface area (Å²) in [7, 11) is -1.60. The van der Waals surface area contributed by atoms with Gasteiger partial charge in [0, 0.05) is 23.8 Å². The number of nitrogens with zero attached hydrogens (tertiary/aromatic N) is 1. The number of halogens is 2. The van der Waals surface area contributed by atoms with Gasteiger partial charge in [-0.1, -0.05) is 6.07 Å². The van der Waals surface area contributed by atoms with Crippen LogP contribution in [0.15, 0.2) is 18.3 Å². The van der Waals surface area contributed by atoms with Crippen molar-refractivity contribution in [3.8, 4) is 0 Å². The summed E-state index contributed by atoms with van der Waals surface area (Å²) in [5.41, 5.74) is 0.511. The zero-order chi connectivity index (χ0) is 10.3. The first-order valence-corrected chi connectivity index (χ1v) is 4.20. The van der Waals surface area contributed by atoms with Crippen molar-refractivity contribution < 1.29 is 18.8 Å². The quantitative estimate of drug-likeness (QED) is 0.653. The number of alkyl halides is 2. The van der Waals surface area contributed by atoms with E-state index in [1.807, 2.05) is 0 Å². The molecule has 1 heterocycles. The predicted molar refractivity (Wildman–Crippen MR) is 46.4 cm³/mol. The summed E-state index contributed by atoms with van der Waals surface area (Å²) in [6, 6.07) is 2.79. The van der Waals surface area contributed by atoms with Crippen molar-refractivity contribution in [3.63, 3.8) is 0 Å². The van der Waals surface area contributed by atoms with Gasteiger partial charge in [0.1, 0.15) is 0 Å². The van der Waals surface area contributed by atoms with E-state index >= 15 is 0 Å². The van der Waals surface area contributed by atoms with E-state index in [1.165, 1.54) is 18.3 Å². The van der Waals surface area contributed by atoms with Gasteiger partial charge in [0.25, 0.3) is 5.92 Å². The van der Waals surface area contributed by atoms with Crippen molar-refractivity contribution in [2.45, 2.75) is 18.3 Å². The summed E-state index contributed by atoms with van der Waals surface area (Å²) in [5, 5.41) is 17.5. The molecule has 0 amide bonds. The van der Waals surface area contributed by atoms with Gasteiger partial charge in [-0.2, -0.15) is 0 Å². The lowest BCUT2D eigenvalue weighted by Crippen LogP contribution is -2.30. The highest BCUT2D eigenvalue weighted by Crippen LogP contribution is 2.54. The molecule has 0 bridgehead atoms. The van der Waals surface area contributed by atoms with Crippen LogP contribution in [0.4, 0.5) is 8.78 Å². The van der Waals surface area contributed by atoms with Crippen LogP contribution in [0.5, 0.6) is 0 Å². The molecule has 1 saturated carbocycles. The van der Waals surface area contributed by atoms with Gasteiger partial charge in [-0.05, 0) is 6.07 Å². The van der Waals surface area contributed by atoms with Gasteiger partial charge in [-0.3, -0.25) is 4.98 Å². The van der Waals surface area contributed by atoms with Crippen LogP contribution >= 0.6 is 0 Å². The van der Waals surface area contributed by atoms with E-state index in [2.05, 4.69) is 4.98 Å². The Morgan fingerprint density at radius 3 is 2.43 bits per heavy atom. The van der Waals surface area contributed by atoms with Gasteiger partial charge in [-0.25, -0.2) is 8.78 Å². The Kier molecular flexibility index (Phi) is 2.04. The molecule has 1 unspecified atom stereocenters. The second-order valence-corrected chi connectivity index (χ2v) is 3.41. The van der Waals surface area contributed by atoms with Gasteiger partial charge in [-0.15, -0.1) is 0 Å². The topological polar surface area (TPSA) is 53.4 Å². The van der Waals surface area contributed by atoms with E-state index in [1.54, 1.807) is 0 Å². The van der Waals surface area contributed by atoms with Crippen LogP contribution in [0.25, 0.3) is 0 Å². The third-order valence-electron chi connectivity index (χ3n) is 2.29. The molecule has 0 saturated heterocycles. The molecular formula is C8H8BF2NO2. The molecular weight excluding hydrogens is 191 g/mol. The van der Waals surface area contributed by atoms with Gasteiger partial charge in [0.15, 0.2) is 0 Å². The second kappa shape index (κ2) is 3.00. The van der Waals surface area contributed by atoms with Crippen LogP contribution < -0.4 is 5.46 Å². The molecule has 1 aliphatic carbocycles. The molecule has 2 N–H and O–H groups in total. The molecule has 74 valence electrons. The van der Waals surface area contributed by atoms with E-state index in [0.717, 1.165) is 0 Å². The maximum atomic E-state index is 12.6. The third-order valence-corrected chi connectivity index (χ3v) is 2.29. The molecule has 1 aliphatic rings. The molecule has 14 heavy (non-hydrogen) atoms. The Morgan fingerprint density at radius 2 is 2.07 bits per heavy atom. The maximum Gasteiger partial charge on any atom is 0.490 e. The van der Waals surface area contributed by atoms with Crippen LogP contribution in [0, 0.1) is 0 Å². The number of hydrogen-bond acceptors (Lipinski definition) is 3. The highest BCUT2D eigenvalue weighted by atomic mass is 19.3. The second-order valence-electron chi connectivity index (χ2n) is 3.41. The number of pyridine rings is 1. The smallest absolute Gasteiger partial charge is 0.423 e. The monoisotopic (exact) mass is 199 g/mol. The summed E-state index contributed by atoms with van der Waals surface area (Å²) in [6.45, 7) is 0. The zero-order valence-corrected chi connectivity index (χ0v) is 7.19. The fourth-order valence-electron chi connectivity index (χ4n) is 1.31. The standard InChI is InChI=1S/C8H8BF2NO2/c10-8(11)3-6(8)7-2-1-5(4-12-7)9(13)14/h1-2,4,6,13-14H,3H2. The summed E-state index contributed by atoms with van der Waals surface area (Å²) in [5.74, 6) is -3.43. The lowest BCUT2D eigenvalue weighted by molar-refractivity contribution is 0.111. The number of rotatable bonds is 2. The van der Waals surface area contributed by atoms with E-state index in [-0.39, 0.29) is 11.9 Å². The molecule has 0 spiro atoms. The summed E-state index contributed by atoms with van der Waals surface area (Å²) < 4.78 is 25.2. The summed E-state index contributed by atoms with van der Waals surface area (Å²) >= 11 is 0. The Hall–Kier alpha value is -1.01. The van der Waals surface area contributed by atoms with Crippen molar-refractivity contribution in [2.75, 3.05) is 0 Å². The van der Waals surface area contributed by atoms with Gasteiger partial charge in [0.2, 0.25) is 0 Å². The van der Waals surface area contributed by atoms with E-state index in [9.17, 15) is 8.78 Å². The van der Waals surface area contributed by atoms with Crippen LogP contribution in [0.2, 0.25) is 0 Å². The average molecular weight is 199 g/mol. The first kappa shape index (κ1) is 9.55. The molecule has 1 atom stereocenters. The van der Waals surface area contributed by atoms with Crippen molar-refractivity contribution in [3.05, 3.63) is 24.0 Å². The molecule has 0 aliphatic heterocycles. The van der Waals surface area contributed by atoms with E-state index in [0.29, 0.717) is 5.69 Å². The van der Waals surface area contributed by atoms with Gasteiger partial charge < -0.3 is 10.0 Å². The Morgan fingerprint density at radius 1 is 1.43 bits per heavy atom. The molecule has 1 aromatic heterocycles. The highest BCUT2D eigenvalue weighted by molar-refractivity contribution is 6.58. The lowest BCUT2D eigenvalue weighted by Gasteiger charge is -2.01. The van der Waals surface area contributed by atoms with Crippen LogP contribution in [-0.4, -0.2) is 28.1 Å². The Balaban J connectivity index is 2.16. The number of hydrogen-bond donors (Lipinski definition) is 2. The largest absolute Gasteiger partial charge is 0.490 e.